The molecule has 0 saturated carbocycles. The third-order valence-electron chi connectivity index (χ3n) is 2.94. The van der Waals surface area contributed by atoms with Crippen molar-refractivity contribution in [2.24, 2.45) is 0 Å². The summed E-state index contributed by atoms with van der Waals surface area (Å²) in [5.41, 5.74) is 4.03. The van der Waals surface area contributed by atoms with E-state index in [-0.39, 0.29) is 17.0 Å². The summed E-state index contributed by atoms with van der Waals surface area (Å²) in [5.74, 6) is -2.23. The van der Waals surface area contributed by atoms with Crippen LogP contribution in [0.2, 0.25) is 0 Å². The summed E-state index contributed by atoms with van der Waals surface area (Å²) in [7, 11) is 0. The quantitative estimate of drug-likeness (QED) is 0.561. The number of nitrogens with zero attached hydrogens (tertiary/aromatic N) is 3. The van der Waals surface area contributed by atoms with Crippen LogP contribution in [0.25, 0.3) is 0 Å². The van der Waals surface area contributed by atoms with E-state index in [1.807, 2.05) is 5.43 Å². The van der Waals surface area contributed by atoms with Gasteiger partial charge in [0.15, 0.2) is 6.61 Å². The summed E-state index contributed by atoms with van der Waals surface area (Å²) in [6, 6.07) is 7.39. The number of nitrogens with one attached hydrogen (secondary N) is 2. The molecule has 2 rings (SSSR count). The molecule has 0 atom stereocenters. The van der Waals surface area contributed by atoms with E-state index in [4.69, 9.17) is 4.74 Å². The van der Waals surface area contributed by atoms with E-state index in [1.165, 1.54) is 30.5 Å². The smallest absolute Gasteiger partial charge is 0.406 e. The number of hydrogen-bond acceptors (Lipinski definition) is 8. The van der Waals surface area contributed by atoms with Crippen molar-refractivity contribution in [3.8, 4) is 5.75 Å². The molecule has 0 fully saturated rings. The molecule has 0 spiro atoms. The lowest BCUT2D eigenvalue weighted by molar-refractivity contribution is -0.390. The minimum atomic E-state index is -0.779. The summed E-state index contributed by atoms with van der Waals surface area (Å²) in [5, 5.41) is 21.3. The highest BCUT2D eigenvalue weighted by Gasteiger charge is 2.17. The summed E-state index contributed by atoms with van der Waals surface area (Å²) in [6.45, 7) is -0.604. The van der Waals surface area contributed by atoms with Gasteiger partial charge in [0.2, 0.25) is 5.75 Å². The lowest BCUT2D eigenvalue weighted by atomic mass is 10.2. The van der Waals surface area contributed by atoms with Crippen molar-refractivity contribution in [1.29, 1.82) is 0 Å². The van der Waals surface area contributed by atoms with Gasteiger partial charge < -0.3 is 14.9 Å². The zero-order valence-corrected chi connectivity index (χ0v) is 12.9. The topological polar surface area (TPSA) is 167 Å². The van der Waals surface area contributed by atoms with Crippen LogP contribution < -0.4 is 15.6 Å². The number of pyridine rings is 1. The molecule has 2 amide bonds. The number of carbonyl (C=O) groups is 2. The van der Waals surface area contributed by atoms with Gasteiger partial charge in [-0.05, 0) is 34.2 Å². The van der Waals surface area contributed by atoms with Crippen molar-refractivity contribution in [3.05, 3.63) is 68.4 Å². The van der Waals surface area contributed by atoms with E-state index >= 15 is 0 Å². The van der Waals surface area contributed by atoms with Crippen molar-refractivity contribution in [2.45, 2.75) is 0 Å². The zero-order chi connectivity index (χ0) is 19.1. The average Bonchev–Trinajstić information content (AvgIpc) is 2.64. The number of aromatic nitrogens is 1. The molecule has 0 unspecified atom stereocenters. The molecule has 12 nitrogen and oxygen atoms in total. The number of carbonyl (C=O) groups excluding carboxylic acids is 2. The first-order valence-corrected chi connectivity index (χ1v) is 6.94. The van der Waals surface area contributed by atoms with Crippen LogP contribution in [0, 0.1) is 20.2 Å². The molecule has 0 bridgehead atoms. The third-order valence-corrected chi connectivity index (χ3v) is 2.94. The van der Waals surface area contributed by atoms with Gasteiger partial charge in [-0.1, -0.05) is 0 Å². The molecule has 0 aliphatic carbocycles. The Balaban J connectivity index is 1.86. The molecule has 134 valence electrons. The first kappa shape index (κ1) is 18.3. The number of benzene rings is 1. The number of rotatable bonds is 6. The average molecular weight is 361 g/mol. The second kappa shape index (κ2) is 8.14. The van der Waals surface area contributed by atoms with Gasteiger partial charge in [0.25, 0.3) is 17.5 Å². The molecule has 2 aromatic rings. The standard InChI is InChI=1S/C14H11N5O7/c20-12(8-26-11-2-1-7-15-13(11)19(24)25)16-17-14(21)9-3-5-10(6-4-9)18(22)23/h1-7H,8H2,(H,16,20)(H,17,21). The van der Waals surface area contributed by atoms with E-state index in [2.05, 4.69) is 10.4 Å². The Labute approximate surface area is 145 Å². The fraction of sp³-hybridized carbons (Fsp3) is 0.0714. The second-order valence-electron chi connectivity index (χ2n) is 4.68. The number of hydrazine groups is 1. The zero-order valence-electron chi connectivity index (χ0n) is 12.9. The molecule has 12 heteroatoms. The third kappa shape index (κ3) is 4.70. The first-order chi connectivity index (χ1) is 12.4. The second-order valence-corrected chi connectivity index (χ2v) is 4.68. The highest BCUT2D eigenvalue weighted by Crippen LogP contribution is 2.22. The fourth-order valence-corrected chi connectivity index (χ4v) is 1.74. The lowest BCUT2D eigenvalue weighted by Crippen LogP contribution is -2.43. The SMILES string of the molecule is O=C(COc1cccnc1[N+](=O)[O-])NNC(=O)c1ccc([N+](=O)[O-])cc1. The van der Waals surface area contributed by atoms with Gasteiger partial charge in [0.1, 0.15) is 6.20 Å². The number of ether oxygens (including phenoxy) is 1. The number of nitro benzene ring substituents is 1. The molecule has 26 heavy (non-hydrogen) atoms. The maximum atomic E-state index is 11.8. The minimum absolute atomic E-state index is 0.0831. The predicted octanol–water partition coefficient (Wildman–Crippen LogP) is 0.738. The van der Waals surface area contributed by atoms with Crippen LogP contribution in [0.4, 0.5) is 11.5 Å². The van der Waals surface area contributed by atoms with E-state index in [0.717, 1.165) is 12.1 Å². The van der Waals surface area contributed by atoms with Crippen molar-refractivity contribution in [3.63, 3.8) is 0 Å². The Morgan fingerprint density at radius 3 is 2.35 bits per heavy atom. The number of nitro groups is 2. The normalized spacial score (nSPS) is 9.85. The van der Waals surface area contributed by atoms with Crippen molar-refractivity contribution >= 4 is 23.3 Å². The van der Waals surface area contributed by atoms with Crippen LogP contribution in [-0.2, 0) is 4.79 Å². The highest BCUT2D eigenvalue weighted by atomic mass is 16.6. The van der Waals surface area contributed by atoms with E-state index in [1.54, 1.807) is 0 Å². The first-order valence-electron chi connectivity index (χ1n) is 6.94. The van der Waals surface area contributed by atoms with Crippen LogP contribution in [0.3, 0.4) is 0 Å². The molecule has 1 heterocycles. The number of non-ortho nitro benzene ring substituents is 1. The molecule has 0 radical (unpaired) electrons. The molecule has 2 N–H and O–H groups in total. The van der Waals surface area contributed by atoms with Gasteiger partial charge in [0.05, 0.1) is 4.92 Å². The largest absolute Gasteiger partial charge is 0.476 e. The molecule has 1 aromatic heterocycles. The van der Waals surface area contributed by atoms with Crippen molar-refractivity contribution in [2.75, 3.05) is 6.61 Å². The van der Waals surface area contributed by atoms with Gasteiger partial charge in [-0.3, -0.25) is 30.6 Å². The Kier molecular flexibility index (Phi) is 5.71. The monoisotopic (exact) mass is 361 g/mol. The summed E-state index contributed by atoms with van der Waals surface area (Å²) >= 11 is 0. The Bertz CT molecular complexity index is 853. The molecule has 0 saturated heterocycles. The van der Waals surface area contributed by atoms with Crippen molar-refractivity contribution < 1.29 is 24.2 Å². The molecule has 0 aliphatic rings. The van der Waals surface area contributed by atoms with E-state index in [9.17, 15) is 29.8 Å². The lowest BCUT2D eigenvalue weighted by Gasteiger charge is -2.08. The van der Waals surface area contributed by atoms with Gasteiger partial charge in [-0.15, -0.1) is 0 Å². The van der Waals surface area contributed by atoms with Crippen LogP contribution in [0.15, 0.2) is 42.6 Å². The fourth-order valence-electron chi connectivity index (χ4n) is 1.74. The van der Waals surface area contributed by atoms with Crippen LogP contribution in [0.1, 0.15) is 10.4 Å². The van der Waals surface area contributed by atoms with Gasteiger partial charge >= 0.3 is 5.82 Å². The number of amides is 2. The Hall–Kier alpha value is -4.09. The summed E-state index contributed by atoms with van der Waals surface area (Å²) < 4.78 is 5.00. The molecule has 0 aliphatic heterocycles. The van der Waals surface area contributed by atoms with Gasteiger partial charge in [-0.2, -0.15) is 0 Å². The molecular formula is C14H11N5O7. The van der Waals surface area contributed by atoms with Crippen LogP contribution >= 0.6 is 0 Å². The Morgan fingerprint density at radius 1 is 1.04 bits per heavy atom. The maximum absolute atomic E-state index is 11.8. The number of hydrogen-bond donors (Lipinski definition) is 2. The van der Waals surface area contributed by atoms with Gasteiger partial charge in [0, 0.05) is 17.7 Å². The minimum Gasteiger partial charge on any atom is -0.476 e. The van der Waals surface area contributed by atoms with Crippen LogP contribution in [0.5, 0.6) is 5.75 Å². The molecule has 1 aromatic carbocycles. The maximum Gasteiger partial charge on any atom is 0.406 e. The van der Waals surface area contributed by atoms with Gasteiger partial charge in [-0.25, -0.2) is 0 Å². The predicted molar refractivity (Wildman–Crippen MR) is 85.1 cm³/mol. The Morgan fingerprint density at radius 2 is 1.73 bits per heavy atom. The van der Waals surface area contributed by atoms with E-state index in [0.29, 0.717) is 0 Å². The summed E-state index contributed by atoms with van der Waals surface area (Å²) in [4.78, 5) is 46.9. The summed E-state index contributed by atoms with van der Waals surface area (Å²) in [6.07, 6.45) is 1.20. The highest BCUT2D eigenvalue weighted by molar-refractivity contribution is 5.95. The van der Waals surface area contributed by atoms with Crippen LogP contribution in [-0.4, -0.2) is 33.3 Å². The van der Waals surface area contributed by atoms with E-state index < -0.39 is 34.1 Å². The molecular weight excluding hydrogens is 350 g/mol. The van der Waals surface area contributed by atoms with Crippen molar-refractivity contribution in [1.82, 2.24) is 15.8 Å².